The summed E-state index contributed by atoms with van der Waals surface area (Å²) in [6.45, 7) is 4.94. The van der Waals surface area contributed by atoms with Gasteiger partial charge in [0.25, 0.3) is 0 Å². The van der Waals surface area contributed by atoms with E-state index in [0.29, 0.717) is 5.41 Å². The van der Waals surface area contributed by atoms with Gasteiger partial charge in [0, 0.05) is 17.6 Å². The summed E-state index contributed by atoms with van der Waals surface area (Å²) in [5.74, 6) is 0. The Morgan fingerprint density at radius 2 is 2.33 bits per heavy atom. The lowest BCUT2D eigenvalue weighted by Gasteiger charge is -2.38. The van der Waals surface area contributed by atoms with Gasteiger partial charge in [-0.25, -0.2) is 4.98 Å². The lowest BCUT2D eigenvalue weighted by Crippen LogP contribution is -2.45. The summed E-state index contributed by atoms with van der Waals surface area (Å²) >= 11 is 3.45. The average Bonchev–Trinajstić information content (AvgIpc) is 2.76. The molecule has 1 aliphatic heterocycles. The zero-order valence-corrected chi connectivity index (χ0v) is 12.2. The number of hydrogen-bond acceptors (Lipinski definition) is 5. The van der Waals surface area contributed by atoms with Gasteiger partial charge < -0.3 is 10.1 Å². The summed E-state index contributed by atoms with van der Waals surface area (Å²) in [7, 11) is 0. The molecule has 1 N–H and O–H groups in total. The first-order chi connectivity index (χ1) is 8.68. The van der Waals surface area contributed by atoms with Crippen molar-refractivity contribution >= 4 is 39.0 Å². The Balaban J connectivity index is 1.75. The summed E-state index contributed by atoms with van der Waals surface area (Å²) in [5, 5.41) is 3.50. The third-order valence-electron chi connectivity index (χ3n) is 3.16. The van der Waals surface area contributed by atoms with E-state index in [2.05, 4.69) is 41.7 Å². The highest BCUT2D eigenvalue weighted by atomic mass is 32.2. The normalized spacial score (nSPS) is 17.7. The third-order valence-corrected chi connectivity index (χ3v) is 5.17. The second-order valence-corrected chi connectivity index (χ2v) is 7.11. The van der Waals surface area contributed by atoms with Gasteiger partial charge >= 0.3 is 0 Å². The van der Waals surface area contributed by atoms with Crippen LogP contribution in [0.2, 0.25) is 0 Å². The molecule has 1 fully saturated rings. The van der Waals surface area contributed by atoms with Gasteiger partial charge in [-0.15, -0.1) is 11.3 Å². The van der Waals surface area contributed by atoms with Crippen LogP contribution in [-0.2, 0) is 4.74 Å². The quantitative estimate of drug-likeness (QED) is 0.870. The topological polar surface area (TPSA) is 34.2 Å². The predicted molar refractivity (Wildman–Crippen MR) is 78.8 cm³/mol. The number of thiazole rings is 1. The van der Waals surface area contributed by atoms with Crippen LogP contribution in [0.25, 0.3) is 10.2 Å². The number of anilines is 1. The molecule has 1 aliphatic rings. The minimum Gasteiger partial charge on any atom is -0.384 e. The molecule has 1 aromatic heterocycles. The summed E-state index contributed by atoms with van der Waals surface area (Å²) in [5.41, 5.74) is 2.56. The van der Waals surface area contributed by atoms with Crippen LogP contribution in [0.3, 0.4) is 0 Å². The fraction of sp³-hybridized carbons (Fsp3) is 0.462. The molecule has 96 valence electrons. The van der Waals surface area contributed by atoms with Crippen molar-refractivity contribution in [3.8, 4) is 0 Å². The molecule has 0 spiro atoms. The van der Waals surface area contributed by atoms with Crippen molar-refractivity contribution in [1.29, 1.82) is 0 Å². The van der Waals surface area contributed by atoms with Crippen LogP contribution in [0.4, 0.5) is 5.69 Å². The van der Waals surface area contributed by atoms with Gasteiger partial charge in [-0.05, 0) is 24.5 Å². The number of rotatable bonds is 4. The molecule has 0 aliphatic carbocycles. The van der Waals surface area contributed by atoms with Gasteiger partial charge in [-0.2, -0.15) is 0 Å². The summed E-state index contributed by atoms with van der Waals surface area (Å²) in [6, 6.07) is 6.39. The molecule has 3 rings (SSSR count). The molecule has 0 unspecified atom stereocenters. The monoisotopic (exact) mass is 280 g/mol. The molecule has 0 amide bonds. The number of fused-ring (bicyclic) bond motifs is 1. The van der Waals surface area contributed by atoms with Gasteiger partial charge in [-0.3, -0.25) is 0 Å². The largest absolute Gasteiger partial charge is 0.384 e. The zero-order valence-electron chi connectivity index (χ0n) is 10.5. The number of nitrogens with zero attached hydrogens (tertiary/aromatic N) is 1. The van der Waals surface area contributed by atoms with E-state index in [4.69, 9.17) is 4.74 Å². The Kier molecular flexibility index (Phi) is 3.21. The van der Waals surface area contributed by atoms with Gasteiger partial charge in [0.2, 0.25) is 0 Å². The first-order valence-electron chi connectivity index (χ1n) is 5.95. The molecule has 3 nitrogen and oxygen atoms in total. The van der Waals surface area contributed by atoms with Crippen molar-refractivity contribution in [2.75, 3.05) is 31.3 Å². The van der Waals surface area contributed by atoms with Crippen LogP contribution in [0.5, 0.6) is 0 Å². The number of benzene rings is 1. The smallest absolute Gasteiger partial charge is 0.150 e. The van der Waals surface area contributed by atoms with Gasteiger partial charge in [0.05, 0.1) is 23.4 Å². The minimum absolute atomic E-state index is 0.299. The Labute approximate surface area is 115 Å². The lowest BCUT2D eigenvalue weighted by atomic mass is 9.89. The van der Waals surface area contributed by atoms with E-state index < -0.39 is 0 Å². The number of hydrogen-bond donors (Lipinski definition) is 1. The van der Waals surface area contributed by atoms with Crippen molar-refractivity contribution in [1.82, 2.24) is 4.98 Å². The van der Waals surface area contributed by atoms with Crippen LogP contribution in [0.1, 0.15) is 6.92 Å². The Morgan fingerprint density at radius 1 is 1.50 bits per heavy atom. The van der Waals surface area contributed by atoms with Crippen molar-refractivity contribution < 1.29 is 4.74 Å². The van der Waals surface area contributed by atoms with Crippen molar-refractivity contribution in [3.63, 3.8) is 0 Å². The van der Waals surface area contributed by atoms with Gasteiger partial charge in [0.15, 0.2) is 4.34 Å². The zero-order chi connectivity index (χ0) is 12.6. The maximum Gasteiger partial charge on any atom is 0.150 e. The van der Waals surface area contributed by atoms with E-state index in [-0.39, 0.29) is 0 Å². The van der Waals surface area contributed by atoms with Crippen LogP contribution in [-0.4, -0.2) is 31.0 Å². The van der Waals surface area contributed by atoms with E-state index >= 15 is 0 Å². The second kappa shape index (κ2) is 4.72. The van der Waals surface area contributed by atoms with Gasteiger partial charge in [-0.1, -0.05) is 18.7 Å². The van der Waals surface area contributed by atoms with E-state index in [9.17, 15) is 0 Å². The molecule has 1 saturated heterocycles. The fourth-order valence-electron chi connectivity index (χ4n) is 1.97. The van der Waals surface area contributed by atoms with E-state index in [1.54, 1.807) is 23.1 Å². The highest BCUT2D eigenvalue weighted by molar-refractivity contribution is 8.00. The van der Waals surface area contributed by atoms with Crippen molar-refractivity contribution in [3.05, 3.63) is 18.2 Å². The number of thioether (sulfide) groups is 1. The third kappa shape index (κ3) is 2.35. The molecule has 1 aromatic carbocycles. The maximum absolute atomic E-state index is 5.26. The number of aromatic nitrogens is 1. The Morgan fingerprint density at radius 3 is 3.00 bits per heavy atom. The lowest BCUT2D eigenvalue weighted by molar-refractivity contribution is -0.0924. The van der Waals surface area contributed by atoms with E-state index in [0.717, 1.165) is 29.6 Å². The van der Waals surface area contributed by atoms with Crippen LogP contribution in [0, 0.1) is 5.41 Å². The number of nitrogens with one attached hydrogen (secondary N) is 1. The molecule has 18 heavy (non-hydrogen) atoms. The number of ether oxygens (including phenoxy) is 1. The molecule has 0 atom stereocenters. The van der Waals surface area contributed by atoms with Crippen LogP contribution >= 0.6 is 23.1 Å². The minimum atomic E-state index is 0.299. The first-order valence-corrected chi connectivity index (χ1v) is 7.99. The van der Waals surface area contributed by atoms with Gasteiger partial charge in [0.1, 0.15) is 0 Å². The summed E-state index contributed by atoms with van der Waals surface area (Å²) in [4.78, 5) is 4.54. The molecular formula is C13H16N2OS2. The van der Waals surface area contributed by atoms with Crippen molar-refractivity contribution in [2.45, 2.75) is 11.3 Å². The molecule has 0 bridgehead atoms. The second-order valence-electron chi connectivity index (χ2n) is 5.02. The summed E-state index contributed by atoms with van der Waals surface area (Å²) < 4.78 is 7.64. The molecule has 0 radical (unpaired) electrons. The SMILES string of the molecule is CSc1nc2ccc(NCC3(C)COC3)cc2s1. The fourth-order valence-corrected chi connectivity index (χ4v) is 3.50. The molecule has 2 aromatic rings. The van der Waals surface area contributed by atoms with Crippen LogP contribution in [0.15, 0.2) is 22.5 Å². The summed E-state index contributed by atoms with van der Waals surface area (Å²) in [6.07, 6.45) is 2.06. The average molecular weight is 280 g/mol. The predicted octanol–water partition coefficient (Wildman–Crippen LogP) is 3.47. The van der Waals surface area contributed by atoms with Crippen LogP contribution < -0.4 is 5.32 Å². The Bertz CT molecular complexity index is 563. The Hall–Kier alpha value is -0.780. The molecule has 0 saturated carbocycles. The van der Waals surface area contributed by atoms with Crippen molar-refractivity contribution in [2.24, 2.45) is 5.41 Å². The molecule has 2 heterocycles. The standard InChI is InChI=1S/C13H16N2OS2/c1-13(7-16-8-13)6-14-9-3-4-10-11(5-9)18-12(15-10)17-2/h3-5,14H,6-8H2,1-2H3. The van der Waals surface area contributed by atoms with E-state index in [1.807, 2.05) is 0 Å². The maximum atomic E-state index is 5.26. The highest BCUT2D eigenvalue weighted by Crippen LogP contribution is 2.31. The molecular weight excluding hydrogens is 264 g/mol. The first kappa shape index (κ1) is 12.3. The highest BCUT2D eigenvalue weighted by Gasteiger charge is 2.32. The molecule has 5 heteroatoms. The van der Waals surface area contributed by atoms with E-state index in [1.165, 1.54) is 10.4 Å².